The van der Waals surface area contributed by atoms with E-state index < -0.39 is 0 Å². The summed E-state index contributed by atoms with van der Waals surface area (Å²) in [6.45, 7) is 5.75. The predicted octanol–water partition coefficient (Wildman–Crippen LogP) is 5.67. The average molecular weight is 571 g/mol. The third-order valence-corrected chi connectivity index (χ3v) is 8.38. The van der Waals surface area contributed by atoms with Gasteiger partial charge in [0, 0.05) is 56.2 Å². The Morgan fingerprint density at radius 3 is 2.69 bits per heavy atom. The van der Waals surface area contributed by atoms with E-state index in [1.54, 1.807) is 12.1 Å². The molecule has 2 fully saturated rings. The van der Waals surface area contributed by atoms with Crippen LogP contribution < -0.4 is 15.5 Å². The summed E-state index contributed by atoms with van der Waals surface area (Å²) in [6, 6.07) is 18.8. The minimum absolute atomic E-state index is 0.222. The molecule has 220 valence electrons. The summed E-state index contributed by atoms with van der Waals surface area (Å²) >= 11 is 0. The highest BCUT2D eigenvalue weighted by Gasteiger charge is 2.21. The summed E-state index contributed by atoms with van der Waals surface area (Å²) in [4.78, 5) is 18.5. The molecule has 2 saturated heterocycles. The highest BCUT2D eigenvalue weighted by Crippen LogP contribution is 2.29. The molecule has 3 aromatic carbocycles. The van der Waals surface area contributed by atoms with Crippen molar-refractivity contribution in [3.63, 3.8) is 0 Å². The lowest BCUT2D eigenvalue weighted by molar-refractivity contribution is 0.0904. The third kappa shape index (κ3) is 6.74. The van der Waals surface area contributed by atoms with Gasteiger partial charge in [0.05, 0.1) is 11.1 Å². The van der Waals surface area contributed by atoms with Crippen molar-refractivity contribution in [1.29, 1.82) is 0 Å². The van der Waals surface area contributed by atoms with Gasteiger partial charge in [-0.3, -0.25) is 9.89 Å². The Morgan fingerprint density at radius 2 is 1.88 bits per heavy atom. The smallest absolute Gasteiger partial charge is 0.258 e. The Hall–Kier alpha value is -3.95. The first-order valence-corrected chi connectivity index (χ1v) is 15.0. The van der Waals surface area contributed by atoms with Crippen molar-refractivity contribution in [1.82, 2.24) is 15.1 Å². The monoisotopic (exact) mass is 570 g/mol. The number of anilines is 3. The molecule has 0 aliphatic carbocycles. The van der Waals surface area contributed by atoms with E-state index >= 15 is 0 Å². The topological polar surface area (TPSA) is 85.5 Å². The Balaban J connectivity index is 1.22. The van der Waals surface area contributed by atoms with Gasteiger partial charge in [0.15, 0.2) is 5.82 Å². The SMILES string of the molecule is CN(CCN1CCCC1)c1ccc(C(=O)Nc2n[nH]c3ccc(Cc4cccc(F)c4)cc23)c(NC2CCOCC2)c1. The summed E-state index contributed by atoms with van der Waals surface area (Å²) in [5.41, 5.74) is 5.18. The zero-order valence-corrected chi connectivity index (χ0v) is 24.2. The van der Waals surface area contributed by atoms with Crippen LogP contribution in [0.1, 0.15) is 47.2 Å². The van der Waals surface area contributed by atoms with E-state index in [-0.39, 0.29) is 17.8 Å². The first-order chi connectivity index (χ1) is 20.5. The van der Waals surface area contributed by atoms with Crippen LogP contribution in [0.15, 0.2) is 60.7 Å². The highest BCUT2D eigenvalue weighted by molar-refractivity contribution is 6.11. The number of likely N-dealkylation sites (N-methyl/N-ethyl adjacent to an activating group) is 1. The van der Waals surface area contributed by atoms with E-state index in [0.29, 0.717) is 31.0 Å². The van der Waals surface area contributed by atoms with Crippen LogP contribution in [0.4, 0.5) is 21.6 Å². The van der Waals surface area contributed by atoms with Crippen molar-refractivity contribution in [3.8, 4) is 0 Å². The molecule has 2 aliphatic rings. The number of hydrogen-bond donors (Lipinski definition) is 3. The summed E-state index contributed by atoms with van der Waals surface area (Å²) in [5.74, 6) is -0.00140. The second kappa shape index (κ2) is 12.9. The van der Waals surface area contributed by atoms with E-state index in [1.165, 1.54) is 32.0 Å². The normalized spacial score (nSPS) is 16.1. The fourth-order valence-corrected chi connectivity index (χ4v) is 5.90. The van der Waals surface area contributed by atoms with Gasteiger partial charge in [0.25, 0.3) is 5.91 Å². The summed E-state index contributed by atoms with van der Waals surface area (Å²) < 4.78 is 19.3. The molecule has 0 saturated carbocycles. The zero-order valence-electron chi connectivity index (χ0n) is 24.2. The second-order valence-electron chi connectivity index (χ2n) is 11.4. The van der Waals surface area contributed by atoms with Gasteiger partial charge in [0.2, 0.25) is 0 Å². The lowest BCUT2D eigenvalue weighted by atomic mass is 10.0. The lowest BCUT2D eigenvalue weighted by Crippen LogP contribution is -2.32. The minimum atomic E-state index is -0.251. The fraction of sp³-hybridized carbons (Fsp3) is 0.394. The number of halogens is 1. The number of hydrogen-bond acceptors (Lipinski definition) is 6. The number of nitrogens with one attached hydrogen (secondary N) is 3. The number of aromatic nitrogens is 2. The molecular formula is C33H39FN6O2. The van der Waals surface area contributed by atoms with E-state index in [4.69, 9.17) is 4.74 Å². The molecule has 1 aromatic heterocycles. The molecule has 0 spiro atoms. The standard InChI is InChI=1S/C33H39FN6O2/c1-39(15-16-40-13-2-3-14-40)27-8-9-28(31(22-27)35-26-11-17-42-18-12-26)33(41)36-32-29-21-24(7-10-30(29)37-38-32)19-23-5-4-6-25(34)20-23/h4-10,20-22,26,35H,2-3,11-19H2,1H3,(H2,36,37,38,41). The maximum atomic E-state index is 13.7. The van der Waals surface area contributed by atoms with Crippen molar-refractivity contribution in [3.05, 3.63) is 83.2 Å². The minimum Gasteiger partial charge on any atom is -0.381 e. The van der Waals surface area contributed by atoms with Crippen LogP contribution in [0.25, 0.3) is 10.9 Å². The summed E-state index contributed by atoms with van der Waals surface area (Å²) in [6.07, 6.45) is 4.94. The number of amides is 1. The van der Waals surface area contributed by atoms with Gasteiger partial charge in [-0.1, -0.05) is 18.2 Å². The molecule has 1 amide bonds. The Kier molecular flexibility index (Phi) is 8.67. The molecule has 3 heterocycles. The number of nitrogens with zero attached hydrogens (tertiary/aromatic N) is 3. The maximum absolute atomic E-state index is 13.7. The van der Waals surface area contributed by atoms with Crippen molar-refractivity contribution in [2.45, 2.75) is 38.1 Å². The van der Waals surface area contributed by atoms with Gasteiger partial charge >= 0.3 is 0 Å². The van der Waals surface area contributed by atoms with Gasteiger partial charge in [0.1, 0.15) is 5.82 Å². The largest absolute Gasteiger partial charge is 0.381 e. The lowest BCUT2D eigenvalue weighted by Gasteiger charge is -2.27. The average Bonchev–Trinajstić information content (AvgIpc) is 3.67. The Morgan fingerprint density at radius 1 is 1.07 bits per heavy atom. The van der Waals surface area contributed by atoms with Crippen LogP contribution in [-0.4, -0.2) is 73.5 Å². The number of ether oxygens (including phenoxy) is 1. The molecule has 6 rings (SSSR count). The molecule has 4 aromatic rings. The van der Waals surface area contributed by atoms with Gasteiger partial charge in [-0.05, 0) is 98.8 Å². The van der Waals surface area contributed by atoms with Crippen LogP contribution in [0.3, 0.4) is 0 Å². The number of fused-ring (bicyclic) bond motifs is 1. The van der Waals surface area contributed by atoms with E-state index in [9.17, 15) is 9.18 Å². The predicted molar refractivity (Wildman–Crippen MR) is 166 cm³/mol. The van der Waals surface area contributed by atoms with Gasteiger partial charge in [-0.2, -0.15) is 5.10 Å². The van der Waals surface area contributed by atoms with Crippen molar-refractivity contribution in [2.24, 2.45) is 0 Å². The first kappa shape index (κ1) is 28.2. The molecule has 3 N–H and O–H groups in total. The van der Waals surface area contributed by atoms with Gasteiger partial charge in [-0.25, -0.2) is 4.39 Å². The van der Waals surface area contributed by atoms with E-state index in [0.717, 1.165) is 59.3 Å². The van der Waals surface area contributed by atoms with Gasteiger partial charge < -0.3 is 25.2 Å². The molecule has 8 nitrogen and oxygen atoms in total. The molecular weight excluding hydrogens is 531 g/mol. The second-order valence-corrected chi connectivity index (χ2v) is 11.4. The molecule has 2 aliphatic heterocycles. The van der Waals surface area contributed by atoms with Crippen molar-refractivity contribution < 1.29 is 13.9 Å². The van der Waals surface area contributed by atoms with Crippen molar-refractivity contribution >= 4 is 34.0 Å². The fourth-order valence-electron chi connectivity index (χ4n) is 5.90. The molecule has 0 radical (unpaired) electrons. The van der Waals surface area contributed by atoms with Crippen LogP contribution in [0.5, 0.6) is 0 Å². The molecule has 0 atom stereocenters. The van der Waals surface area contributed by atoms with Gasteiger partial charge in [-0.15, -0.1) is 0 Å². The third-order valence-electron chi connectivity index (χ3n) is 8.38. The van der Waals surface area contributed by atoms with Crippen LogP contribution >= 0.6 is 0 Å². The Labute approximate surface area is 246 Å². The summed E-state index contributed by atoms with van der Waals surface area (Å²) in [5, 5.41) is 14.9. The number of aromatic amines is 1. The molecule has 9 heteroatoms. The number of likely N-dealkylation sites (tertiary alicyclic amines) is 1. The quantitative estimate of drug-likeness (QED) is 0.228. The number of carbonyl (C=O) groups is 1. The number of benzene rings is 3. The molecule has 0 unspecified atom stereocenters. The van der Waals surface area contributed by atoms with Crippen LogP contribution in [0.2, 0.25) is 0 Å². The van der Waals surface area contributed by atoms with E-state index in [1.807, 2.05) is 36.4 Å². The highest BCUT2D eigenvalue weighted by atomic mass is 19.1. The van der Waals surface area contributed by atoms with Crippen molar-refractivity contribution in [2.75, 3.05) is 62.0 Å². The number of H-pyrrole nitrogens is 1. The zero-order chi connectivity index (χ0) is 28.9. The van der Waals surface area contributed by atoms with E-state index in [2.05, 4.69) is 43.7 Å². The molecule has 42 heavy (non-hydrogen) atoms. The summed E-state index contributed by atoms with van der Waals surface area (Å²) in [7, 11) is 2.11. The first-order valence-electron chi connectivity index (χ1n) is 15.0. The Bertz CT molecular complexity index is 1530. The number of rotatable bonds is 10. The maximum Gasteiger partial charge on any atom is 0.258 e. The number of carbonyl (C=O) groups excluding carboxylic acids is 1. The molecule has 0 bridgehead atoms. The van der Waals surface area contributed by atoms with Crippen LogP contribution in [0, 0.1) is 5.82 Å². The van der Waals surface area contributed by atoms with Crippen LogP contribution in [-0.2, 0) is 11.2 Å².